The normalized spacial score (nSPS) is 22.2. The number of benzene rings is 2. The number of fused-ring (bicyclic) bond motifs is 2. The molecule has 12 heteroatoms. The molecular weight excluding hydrogens is 641 g/mol. The Bertz CT molecular complexity index is 2060. The number of carbonyl (C=O) groups excluding carboxylic acids is 3. The first-order chi connectivity index (χ1) is 24.3. The van der Waals surface area contributed by atoms with Crippen molar-refractivity contribution in [2.75, 3.05) is 40.0 Å². The van der Waals surface area contributed by atoms with Gasteiger partial charge in [0.05, 0.1) is 26.7 Å². The van der Waals surface area contributed by atoms with E-state index in [2.05, 4.69) is 21.5 Å². The summed E-state index contributed by atoms with van der Waals surface area (Å²) in [5, 5.41) is 0. The van der Waals surface area contributed by atoms with E-state index in [0.717, 1.165) is 18.4 Å². The highest BCUT2D eigenvalue weighted by atomic mass is 19.1. The van der Waals surface area contributed by atoms with Crippen molar-refractivity contribution >= 4 is 28.8 Å². The summed E-state index contributed by atoms with van der Waals surface area (Å²) in [6, 6.07) is 14.6. The van der Waals surface area contributed by atoms with Crippen LogP contribution in [0.25, 0.3) is 22.6 Å². The van der Waals surface area contributed by atoms with Gasteiger partial charge in [0.15, 0.2) is 11.4 Å². The Morgan fingerprint density at radius 1 is 1.06 bits per heavy atom. The number of nitrogens with one attached hydrogen (secondary N) is 2. The van der Waals surface area contributed by atoms with E-state index in [1.807, 2.05) is 12.1 Å². The Labute approximate surface area is 287 Å². The van der Waals surface area contributed by atoms with E-state index in [1.54, 1.807) is 35.2 Å². The molecule has 11 nitrogen and oxygen atoms in total. The predicted octanol–water partition coefficient (Wildman–Crippen LogP) is 4.89. The molecule has 2 aromatic carbocycles. The third-order valence-corrected chi connectivity index (χ3v) is 10.1. The number of alkyl halides is 1. The third-order valence-electron chi connectivity index (χ3n) is 10.1. The molecule has 1 saturated carbocycles. The second kappa shape index (κ2) is 12.9. The Morgan fingerprint density at radius 2 is 1.86 bits per heavy atom. The van der Waals surface area contributed by atoms with Crippen LogP contribution < -0.4 is 10.3 Å². The van der Waals surface area contributed by atoms with Gasteiger partial charge >= 0.3 is 5.97 Å². The molecule has 2 fully saturated rings. The highest BCUT2D eigenvalue weighted by Crippen LogP contribution is 2.46. The number of carbonyl (C=O) groups is 3. The lowest BCUT2D eigenvalue weighted by Gasteiger charge is -2.33. The number of pyridine rings is 1. The summed E-state index contributed by atoms with van der Waals surface area (Å²) >= 11 is 0. The average Bonchev–Trinajstić information content (AvgIpc) is 3.94. The Balaban J connectivity index is 1.13. The summed E-state index contributed by atoms with van der Waals surface area (Å²) < 4.78 is 28.3. The molecule has 2 aliphatic carbocycles. The zero-order chi connectivity index (χ0) is 34.4. The van der Waals surface area contributed by atoms with Crippen molar-refractivity contribution in [2.24, 2.45) is 5.92 Å². The minimum Gasteiger partial charge on any atom is -0.469 e. The van der Waals surface area contributed by atoms with E-state index in [9.17, 15) is 14.4 Å². The van der Waals surface area contributed by atoms with Crippen molar-refractivity contribution in [3.63, 3.8) is 0 Å². The van der Waals surface area contributed by atoms with Crippen LogP contribution in [0.3, 0.4) is 0 Å². The molecule has 4 aromatic rings. The number of H-pyrrole nitrogens is 1. The van der Waals surface area contributed by atoms with Crippen LogP contribution in [0.15, 0.2) is 78.0 Å². The fraction of sp³-hybridized carbons (Fsp3) is 0.342. The lowest BCUT2D eigenvalue weighted by Crippen LogP contribution is -2.41. The zero-order valence-electron chi connectivity index (χ0n) is 27.5. The number of methoxy groups -OCH3 is 1. The molecule has 2 aliphatic heterocycles. The zero-order valence-corrected chi connectivity index (χ0v) is 27.5. The van der Waals surface area contributed by atoms with Gasteiger partial charge in [-0.2, -0.15) is 5.48 Å². The molecule has 2 unspecified atom stereocenters. The summed E-state index contributed by atoms with van der Waals surface area (Å²) in [6.45, 7) is 2.36. The standard InChI is InChI=1S/C38H36FN5O6/c1-48-32(45)20-28-10-11-29(27-18-26-9-8-25(22-2-3-22)19-31(26)50-41-21-27)34(46)38(28,39)30-12-13-40-36-33(30)42-35(43-36)23-4-6-24(7-5-23)37(47)44-14-16-49-17-15-44/h4-13,19,22,27,41H,2-3,14-18,20-21H2,1H3,(H,40,42,43). The minimum atomic E-state index is -2.73. The lowest BCUT2D eigenvalue weighted by atomic mass is 9.73. The molecule has 0 radical (unpaired) electrons. The van der Waals surface area contributed by atoms with E-state index in [0.29, 0.717) is 61.3 Å². The predicted molar refractivity (Wildman–Crippen MR) is 181 cm³/mol. The van der Waals surface area contributed by atoms with Crippen LogP contribution in [0, 0.1) is 5.92 Å². The first kappa shape index (κ1) is 32.0. The number of ether oxygens (including phenoxy) is 2. The number of morpholine rings is 1. The highest BCUT2D eigenvalue weighted by Gasteiger charge is 2.50. The van der Waals surface area contributed by atoms with Gasteiger partial charge in [-0.25, -0.2) is 14.4 Å². The summed E-state index contributed by atoms with van der Waals surface area (Å²) in [7, 11) is 1.22. The monoisotopic (exact) mass is 677 g/mol. The van der Waals surface area contributed by atoms with Gasteiger partial charge in [0, 0.05) is 54.0 Å². The molecule has 256 valence electrons. The summed E-state index contributed by atoms with van der Waals surface area (Å²) in [5.74, 6) is -0.280. The van der Waals surface area contributed by atoms with Crippen LogP contribution in [-0.4, -0.2) is 77.5 Å². The molecule has 2 N–H and O–H groups in total. The number of aromatic amines is 1. The second-order valence-corrected chi connectivity index (χ2v) is 13.2. The number of imidazole rings is 1. The number of rotatable bonds is 7. The number of allylic oxidation sites excluding steroid dienone is 2. The van der Waals surface area contributed by atoms with E-state index < -0.39 is 29.8 Å². The van der Waals surface area contributed by atoms with Crippen LogP contribution in [0.4, 0.5) is 4.39 Å². The quantitative estimate of drug-likeness (QED) is 0.262. The second-order valence-electron chi connectivity index (χ2n) is 13.2. The SMILES string of the molecule is COC(=O)CC1=CC=C(C2CNOc3cc(C4CC4)ccc3C2)C(=O)C1(F)c1ccnc2[nH]c(-c3ccc(C(=O)N4CCOCC4)cc3)nc12. The van der Waals surface area contributed by atoms with Crippen molar-refractivity contribution in [1.29, 1.82) is 0 Å². The molecule has 4 heterocycles. The van der Waals surface area contributed by atoms with Crippen LogP contribution in [0.5, 0.6) is 5.75 Å². The van der Waals surface area contributed by atoms with Gasteiger partial charge in [-0.1, -0.05) is 36.4 Å². The topological polar surface area (TPSA) is 136 Å². The van der Waals surface area contributed by atoms with Crippen molar-refractivity contribution in [1.82, 2.24) is 25.3 Å². The number of halogens is 1. The fourth-order valence-electron chi connectivity index (χ4n) is 7.08. The maximum Gasteiger partial charge on any atom is 0.309 e. The van der Waals surface area contributed by atoms with Gasteiger partial charge in [-0.15, -0.1) is 0 Å². The first-order valence-corrected chi connectivity index (χ1v) is 16.9. The Morgan fingerprint density at radius 3 is 2.62 bits per heavy atom. The number of Topliss-reactive ketones (excluding diaryl/α,β-unsaturated/α-hetero) is 1. The molecular formula is C38H36FN5O6. The Hall–Kier alpha value is -5.20. The number of aromatic nitrogens is 3. The molecule has 1 amide bonds. The van der Waals surface area contributed by atoms with Gasteiger partial charge in [0.1, 0.15) is 11.3 Å². The van der Waals surface area contributed by atoms with Gasteiger partial charge < -0.3 is 24.2 Å². The van der Waals surface area contributed by atoms with Crippen LogP contribution in [0.2, 0.25) is 0 Å². The van der Waals surface area contributed by atoms with E-state index >= 15 is 4.39 Å². The number of nitrogens with zero attached hydrogens (tertiary/aromatic N) is 3. The molecule has 0 spiro atoms. The highest BCUT2D eigenvalue weighted by molar-refractivity contribution is 6.09. The van der Waals surface area contributed by atoms with Gasteiger partial charge in [-0.05, 0) is 66.1 Å². The molecule has 0 bridgehead atoms. The molecule has 4 aliphatic rings. The minimum absolute atomic E-state index is 0.0258. The first-order valence-electron chi connectivity index (χ1n) is 16.9. The number of amides is 1. The Kier molecular flexibility index (Phi) is 8.28. The summed E-state index contributed by atoms with van der Waals surface area (Å²) in [5.41, 5.74) is 4.22. The van der Waals surface area contributed by atoms with E-state index in [-0.39, 0.29) is 40.3 Å². The van der Waals surface area contributed by atoms with Crippen LogP contribution in [-0.2, 0) is 31.2 Å². The molecule has 8 rings (SSSR count). The number of ketones is 1. The molecule has 2 atom stereocenters. The fourth-order valence-corrected chi connectivity index (χ4v) is 7.08. The smallest absolute Gasteiger partial charge is 0.309 e. The summed E-state index contributed by atoms with van der Waals surface area (Å²) in [4.78, 5) is 60.0. The maximum atomic E-state index is 18.0. The lowest BCUT2D eigenvalue weighted by molar-refractivity contribution is -0.140. The number of hydrogen-bond acceptors (Lipinski definition) is 9. The third kappa shape index (κ3) is 5.77. The number of hydroxylamine groups is 1. The molecule has 2 aromatic heterocycles. The largest absolute Gasteiger partial charge is 0.469 e. The van der Waals surface area contributed by atoms with Crippen molar-refractivity contribution < 1.29 is 33.1 Å². The van der Waals surface area contributed by atoms with Crippen molar-refractivity contribution in [3.8, 4) is 17.1 Å². The van der Waals surface area contributed by atoms with Gasteiger partial charge in [-0.3, -0.25) is 14.4 Å². The van der Waals surface area contributed by atoms with E-state index in [1.165, 1.54) is 31.0 Å². The number of hydrogen-bond donors (Lipinski definition) is 2. The summed E-state index contributed by atoms with van der Waals surface area (Å²) in [6.07, 6.45) is 6.91. The van der Waals surface area contributed by atoms with Gasteiger partial charge in [0.25, 0.3) is 5.91 Å². The molecule has 50 heavy (non-hydrogen) atoms. The van der Waals surface area contributed by atoms with Crippen LogP contribution >= 0.6 is 0 Å². The number of esters is 1. The van der Waals surface area contributed by atoms with Gasteiger partial charge in [0.2, 0.25) is 11.5 Å². The maximum absolute atomic E-state index is 18.0. The van der Waals surface area contributed by atoms with Crippen molar-refractivity contribution in [2.45, 2.75) is 37.3 Å². The van der Waals surface area contributed by atoms with Crippen molar-refractivity contribution in [3.05, 3.63) is 100 Å². The van der Waals surface area contributed by atoms with E-state index in [4.69, 9.17) is 19.3 Å². The van der Waals surface area contributed by atoms with Crippen LogP contribution in [0.1, 0.15) is 52.2 Å². The molecule has 1 saturated heterocycles. The average molecular weight is 678 g/mol.